The summed E-state index contributed by atoms with van der Waals surface area (Å²) in [5, 5.41) is 13.0. The van der Waals surface area contributed by atoms with Gasteiger partial charge in [0.05, 0.1) is 35.3 Å². The van der Waals surface area contributed by atoms with Gasteiger partial charge in [0.1, 0.15) is 5.82 Å². The van der Waals surface area contributed by atoms with Crippen LogP contribution in [0.1, 0.15) is 31.1 Å². The lowest BCUT2D eigenvalue weighted by Crippen LogP contribution is -2.27. The first-order valence-electron chi connectivity index (χ1n) is 10.2. The van der Waals surface area contributed by atoms with Gasteiger partial charge in [-0.05, 0) is 19.1 Å². The highest BCUT2D eigenvalue weighted by atomic mass is 35.5. The maximum atomic E-state index is 12.4. The normalized spacial score (nSPS) is 11.3. The molecule has 1 amide bonds. The standard InChI is InChI=1S/C21H27ClN6O2S/c1-4-30-12-10-23-18-16-13-25-28(19(16)27-21(26-18)31-14(2)3)11-9-24-20(29)15-7-5-6-8-17(15)22/h5-8,13-14H,4,9-12H2,1-3H3,(H,24,29)(H,23,26,27). The maximum absolute atomic E-state index is 12.4. The molecule has 3 aromatic rings. The average Bonchev–Trinajstić information content (AvgIpc) is 3.14. The predicted molar refractivity (Wildman–Crippen MR) is 125 cm³/mol. The molecule has 2 aromatic heterocycles. The Hall–Kier alpha value is -2.36. The predicted octanol–water partition coefficient (Wildman–Crippen LogP) is 3.86. The summed E-state index contributed by atoms with van der Waals surface area (Å²) in [6, 6.07) is 6.97. The molecule has 0 fully saturated rings. The summed E-state index contributed by atoms with van der Waals surface area (Å²) >= 11 is 7.69. The number of carbonyl (C=O) groups excluding carboxylic acids is 1. The third kappa shape index (κ3) is 6.32. The molecule has 3 rings (SSSR count). The number of ether oxygens (including phenoxy) is 1. The monoisotopic (exact) mass is 462 g/mol. The number of benzene rings is 1. The van der Waals surface area contributed by atoms with Gasteiger partial charge in [-0.3, -0.25) is 4.79 Å². The topological polar surface area (TPSA) is 94.0 Å². The Kier molecular flexibility index (Phi) is 8.51. The van der Waals surface area contributed by atoms with Crippen LogP contribution in [-0.2, 0) is 11.3 Å². The molecule has 0 aliphatic carbocycles. The fourth-order valence-corrected chi connectivity index (χ4v) is 3.83. The van der Waals surface area contributed by atoms with Crippen LogP contribution in [0, 0.1) is 0 Å². The molecule has 0 bridgehead atoms. The zero-order chi connectivity index (χ0) is 22.2. The van der Waals surface area contributed by atoms with Gasteiger partial charge in [-0.25, -0.2) is 14.6 Å². The molecule has 0 radical (unpaired) electrons. The van der Waals surface area contributed by atoms with Crippen molar-refractivity contribution < 1.29 is 9.53 Å². The molecule has 0 aliphatic rings. The summed E-state index contributed by atoms with van der Waals surface area (Å²) in [4.78, 5) is 21.7. The minimum absolute atomic E-state index is 0.217. The zero-order valence-electron chi connectivity index (χ0n) is 17.9. The summed E-state index contributed by atoms with van der Waals surface area (Å²) in [6.45, 7) is 8.94. The lowest BCUT2D eigenvalue weighted by atomic mass is 10.2. The maximum Gasteiger partial charge on any atom is 0.252 e. The molecular weight excluding hydrogens is 436 g/mol. The summed E-state index contributed by atoms with van der Waals surface area (Å²) < 4.78 is 7.19. The van der Waals surface area contributed by atoms with E-state index in [4.69, 9.17) is 21.3 Å². The summed E-state index contributed by atoms with van der Waals surface area (Å²) in [6.07, 6.45) is 1.75. The van der Waals surface area contributed by atoms with Crippen LogP contribution >= 0.6 is 23.4 Å². The second kappa shape index (κ2) is 11.3. The molecule has 31 heavy (non-hydrogen) atoms. The van der Waals surface area contributed by atoms with E-state index in [1.165, 1.54) is 0 Å². The highest BCUT2D eigenvalue weighted by Crippen LogP contribution is 2.26. The molecule has 0 unspecified atom stereocenters. The Morgan fingerprint density at radius 3 is 2.81 bits per heavy atom. The molecule has 2 heterocycles. The largest absolute Gasteiger partial charge is 0.380 e. The molecule has 10 heteroatoms. The SMILES string of the molecule is CCOCCNc1nc(SC(C)C)nc2c1cnn2CCNC(=O)c1ccccc1Cl. The lowest BCUT2D eigenvalue weighted by molar-refractivity contribution is 0.0952. The van der Waals surface area contributed by atoms with Gasteiger partial charge in [0.25, 0.3) is 5.91 Å². The lowest BCUT2D eigenvalue weighted by Gasteiger charge is -2.11. The molecule has 0 saturated carbocycles. The van der Waals surface area contributed by atoms with Gasteiger partial charge < -0.3 is 15.4 Å². The number of carbonyl (C=O) groups is 1. The van der Waals surface area contributed by atoms with Gasteiger partial charge in [-0.2, -0.15) is 5.10 Å². The van der Waals surface area contributed by atoms with Crippen LogP contribution < -0.4 is 10.6 Å². The third-order valence-corrected chi connectivity index (χ3v) is 5.48. The first-order chi connectivity index (χ1) is 15.0. The summed E-state index contributed by atoms with van der Waals surface area (Å²) in [5.74, 6) is 0.519. The van der Waals surface area contributed by atoms with E-state index in [0.717, 1.165) is 16.9 Å². The number of thioether (sulfide) groups is 1. The van der Waals surface area contributed by atoms with E-state index in [-0.39, 0.29) is 5.91 Å². The Bertz CT molecular complexity index is 1030. The highest BCUT2D eigenvalue weighted by Gasteiger charge is 2.15. The van der Waals surface area contributed by atoms with Gasteiger partial charge >= 0.3 is 0 Å². The number of rotatable bonds is 11. The smallest absolute Gasteiger partial charge is 0.252 e. The van der Waals surface area contributed by atoms with E-state index in [2.05, 4.69) is 34.6 Å². The van der Waals surface area contributed by atoms with Crippen molar-refractivity contribution in [3.05, 3.63) is 41.0 Å². The van der Waals surface area contributed by atoms with E-state index in [1.807, 2.05) is 6.92 Å². The fraction of sp³-hybridized carbons (Fsp3) is 0.429. The van der Waals surface area contributed by atoms with Gasteiger partial charge in [0, 0.05) is 24.9 Å². The highest BCUT2D eigenvalue weighted by molar-refractivity contribution is 7.99. The minimum Gasteiger partial charge on any atom is -0.380 e. The van der Waals surface area contributed by atoms with Crippen LogP contribution in [0.5, 0.6) is 0 Å². The third-order valence-electron chi connectivity index (χ3n) is 4.29. The van der Waals surface area contributed by atoms with Crippen LogP contribution in [0.15, 0.2) is 35.6 Å². The quantitative estimate of drug-likeness (QED) is 0.254. The van der Waals surface area contributed by atoms with Crippen LogP contribution in [0.3, 0.4) is 0 Å². The van der Waals surface area contributed by atoms with Crippen molar-refractivity contribution in [3.8, 4) is 0 Å². The number of halogens is 1. The average molecular weight is 463 g/mol. The molecule has 0 aliphatic heterocycles. The van der Waals surface area contributed by atoms with Crippen molar-refractivity contribution in [2.75, 3.05) is 31.6 Å². The van der Waals surface area contributed by atoms with Crippen molar-refractivity contribution in [2.24, 2.45) is 0 Å². The second-order valence-corrected chi connectivity index (χ2v) is 8.94. The van der Waals surface area contributed by atoms with Crippen molar-refractivity contribution in [3.63, 3.8) is 0 Å². The fourth-order valence-electron chi connectivity index (χ4n) is 2.90. The summed E-state index contributed by atoms with van der Waals surface area (Å²) in [5.41, 5.74) is 1.18. The first-order valence-corrected chi connectivity index (χ1v) is 11.5. The van der Waals surface area contributed by atoms with E-state index in [1.54, 1.807) is 46.9 Å². The zero-order valence-corrected chi connectivity index (χ0v) is 19.5. The van der Waals surface area contributed by atoms with Crippen molar-refractivity contribution in [2.45, 2.75) is 37.7 Å². The van der Waals surface area contributed by atoms with Crippen LogP contribution in [0.4, 0.5) is 5.82 Å². The van der Waals surface area contributed by atoms with Crippen molar-refractivity contribution in [1.82, 2.24) is 25.1 Å². The Morgan fingerprint density at radius 2 is 2.06 bits per heavy atom. The first kappa shape index (κ1) is 23.3. The molecule has 166 valence electrons. The molecular formula is C21H27ClN6O2S. The molecule has 2 N–H and O–H groups in total. The van der Waals surface area contributed by atoms with Gasteiger partial charge in [0.15, 0.2) is 10.8 Å². The molecule has 0 saturated heterocycles. The number of hydrogen-bond acceptors (Lipinski definition) is 7. The Labute approximate surface area is 191 Å². The number of aromatic nitrogens is 4. The molecule has 0 spiro atoms. The van der Waals surface area contributed by atoms with Crippen LogP contribution in [-0.4, -0.2) is 57.2 Å². The van der Waals surface area contributed by atoms with E-state index >= 15 is 0 Å². The van der Waals surface area contributed by atoms with Crippen LogP contribution in [0.2, 0.25) is 5.02 Å². The van der Waals surface area contributed by atoms with Crippen molar-refractivity contribution in [1.29, 1.82) is 0 Å². The summed E-state index contributed by atoms with van der Waals surface area (Å²) in [7, 11) is 0. The number of anilines is 1. The second-order valence-electron chi connectivity index (χ2n) is 6.99. The molecule has 8 nitrogen and oxygen atoms in total. The molecule has 1 aromatic carbocycles. The van der Waals surface area contributed by atoms with Gasteiger partial charge in [0.2, 0.25) is 0 Å². The van der Waals surface area contributed by atoms with E-state index < -0.39 is 0 Å². The number of nitrogens with one attached hydrogen (secondary N) is 2. The number of amides is 1. The van der Waals surface area contributed by atoms with Gasteiger partial charge in [-0.1, -0.05) is 49.3 Å². The minimum atomic E-state index is -0.217. The van der Waals surface area contributed by atoms with E-state index in [0.29, 0.717) is 53.8 Å². The van der Waals surface area contributed by atoms with Gasteiger partial charge in [-0.15, -0.1) is 0 Å². The van der Waals surface area contributed by atoms with Crippen LogP contribution in [0.25, 0.3) is 11.0 Å². The number of hydrogen-bond donors (Lipinski definition) is 2. The van der Waals surface area contributed by atoms with E-state index in [9.17, 15) is 4.79 Å². The number of fused-ring (bicyclic) bond motifs is 1. The van der Waals surface area contributed by atoms with Crippen molar-refractivity contribution >= 4 is 46.1 Å². The Balaban J connectivity index is 1.74. The number of nitrogens with zero attached hydrogens (tertiary/aromatic N) is 4. The Morgan fingerprint density at radius 1 is 1.26 bits per heavy atom. The molecule has 0 atom stereocenters.